The van der Waals surface area contributed by atoms with Crippen LogP contribution in [0.15, 0.2) is 59.1 Å². The number of carbonyl (C=O) groups excluding carboxylic acids is 1. The number of piperazine rings is 1. The molecule has 3 aromatic carbocycles. The van der Waals surface area contributed by atoms with Crippen molar-refractivity contribution in [2.75, 3.05) is 50.1 Å². The highest BCUT2D eigenvalue weighted by atomic mass is 16.5. The number of benzene rings is 3. The van der Waals surface area contributed by atoms with Crippen LogP contribution in [0.25, 0.3) is 22.5 Å². The summed E-state index contributed by atoms with van der Waals surface area (Å²) >= 11 is 0. The second kappa shape index (κ2) is 9.95. The fourth-order valence-electron chi connectivity index (χ4n) is 5.19. The van der Waals surface area contributed by atoms with E-state index < -0.39 is 0 Å². The van der Waals surface area contributed by atoms with Crippen molar-refractivity contribution in [3.63, 3.8) is 0 Å². The Bertz CT molecular complexity index is 1490. The molecule has 8 nitrogen and oxygen atoms in total. The Hall–Kier alpha value is -4.17. The van der Waals surface area contributed by atoms with Gasteiger partial charge in [0.2, 0.25) is 11.7 Å². The van der Waals surface area contributed by atoms with E-state index in [1.165, 1.54) is 0 Å². The van der Waals surface area contributed by atoms with Crippen LogP contribution in [0.5, 0.6) is 5.75 Å². The lowest BCUT2D eigenvalue weighted by molar-refractivity contribution is 0.102. The second-order valence-corrected chi connectivity index (χ2v) is 10.1. The summed E-state index contributed by atoms with van der Waals surface area (Å²) in [6.45, 7) is 8.43. The normalized spacial score (nSPS) is 15.3. The largest absolute Gasteiger partial charge is 0.491 e. The number of aromatic nitrogens is 2. The van der Waals surface area contributed by atoms with E-state index in [0.29, 0.717) is 23.9 Å². The highest BCUT2D eigenvalue weighted by Gasteiger charge is 2.24. The summed E-state index contributed by atoms with van der Waals surface area (Å²) in [5.74, 6) is 1.96. The van der Waals surface area contributed by atoms with Crippen molar-refractivity contribution in [2.45, 2.75) is 20.3 Å². The Morgan fingerprint density at radius 1 is 0.947 bits per heavy atom. The highest BCUT2D eigenvalue weighted by Crippen LogP contribution is 2.39. The standard InChI is InChI=1S/C30H31N5O3/c1-19-16-24(29-31-20(2)38-33-29)8-9-26(19)21-4-6-22(7-5-21)30(36)32-25-17-23-10-15-37-28(23)27(18-25)35-13-11-34(3)12-14-35/h4-9,16-18H,10-15H2,1-3H3,(H,32,36). The van der Waals surface area contributed by atoms with Crippen molar-refractivity contribution < 1.29 is 14.1 Å². The monoisotopic (exact) mass is 509 g/mol. The summed E-state index contributed by atoms with van der Waals surface area (Å²) < 4.78 is 11.1. The molecule has 38 heavy (non-hydrogen) atoms. The predicted molar refractivity (Wildman–Crippen MR) is 148 cm³/mol. The fraction of sp³-hybridized carbons (Fsp3) is 0.300. The van der Waals surface area contributed by atoms with Crippen molar-refractivity contribution in [1.82, 2.24) is 15.0 Å². The molecule has 2 aliphatic heterocycles. The molecule has 8 heteroatoms. The van der Waals surface area contributed by atoms with Gasteiger partial charge in [-0.25, -0.2) is 0 Å². The maximum atomic E-state index is 13.2. The van der Waals surface area contributed by atoms with Gasteiger partial charge in [-0.1, -0.05) is 29.4 Å². The number of anilines is 2. The lowest BCUT2D eigenvalue weighted by atomic mass is 9.97. The van der Waals surface area contributed by atoms with Gasteiger partial charge in [0.05, 0.1) is 12.3 Å². The van der Waals surface area contributed by atoms with Gasteiger partial charge in [-0.3, -0.25) is 4.79 Å². The third-order valence-corrected chi connectivity index (χ3v) is 7.34. The molecule has 0 atom stereocenters. The van der Waals surface area contributed by atoms with Gasteiger partial charge in [0, 0.05) is 61.9 Å². The molecule has 0 saturated carbocycles. The van der Waals surface area contributed by atoms with Gasteiger partial charge >= 0.3 is 0 Å². The number of aryl methyl sites for hydroxylation is 2. The quantitative estimate of drug-likeness (QED) is 0.407. The summed E-state index contributed by atoms with van der Waals surface area (Å²) in [6.07, 6.45) is 0.860. The molecule has 4 aromatic rings. The van der Waals surface area contributed by atoms with Crippen molar-refractivity contribution in [3.05, 3.63) is 77.2 Å². The highest BCUT2D eigenvalue weighted by molar-refractivity contribution is 6.05. The van der Waals surface area contributed by atoms with Gasteiger partial charge in [0.15, 0.2) is 0 Å². The number of ether oxygens (including phenoxy) is 1. The number of rotatable bonds is 5. The number of likely N-dealkylation sites (N-methyl/N-ethyl adjacent to an activating group) is 1. The molecule has 3 heterocycles. The molecule has 0 radical (unpaired) electrons. The average molecular weight is 510 g/mol. The van der Waals surface area contributed by atoms with Crippen LogP contribution in [0.2, 0.25) is 0 Å². The minimum atomic E-state index is -0.126. The molecule has 1 saturated heterocycles. The van der Waals surface area contributed by atoms with Gasteiger partial charge < -0.3 is 24.4 Å². The van der Waals surface area contributed by atoms with E-state index >= 15 is 0 Å². The maximum absolute atomic E-state index is 13.2. The zero-order valence-corrected chi connectivity index (χ0v) is 22.0. The lowest BCUT2D eigenvalue weighted by Crippen LogP contribution is -2.44. The first-order chi connectivity index (χ1) is 18.4. The Morgan fingerprint density at radius 3 is 2.42 bits per heavy atom. The summed E-state index contributed by atoms with van der Waals surface area (Å²) in [5.41, 5.74) is 7.80. The van der Waals surface area contributed by atoms with E-state index in [0.717, 1.165) is 77.5 Å². The predicted octanol–water partition coefficient (Wildman–Crippen LogP) is 4.96. The third-order valence-electron chi connectivity index (χ3n) is 7.34. The Kier molecular flexibility index (Phi) is 6.33. The van der Waals surface area contributed by atoms with Gasteiger partial charge in [-0.05, 0) is 61.0 Å². The minimum Gasteiger partial charge on any atom is -0.491 e. The number of hydrogen-bond acceptors (Lipinski definition) is 7. The Morgan fingerprint density at radius 2 is 1.71 bits per heavy atom. The zero-order chi connectivity index (χ0) is 26.2. The number of carbonyl (C=O) groups is 1. The number of hydrogen-bond donors (Lipinski definition) is 1. The average Bonchev–Trinajstić information content (AvgIpc) is 3.58. The fourth-order valence-corrected chi connectivity index (χ4v) is 5.19. The Balaban J connectivity index is 1.19. The number of nitrogens with one attached hydrogen (secondary N) is 1. The molecule has 1 amide bonds. The van der Waals surface area contributed by atoms with E-state index in [-0.39, 0.29) is 5.91 Å². The number of amides is 1. The first-order valence-corrected chi connectivity index (χ1v) is 13.0. The third kappa shape index (κ3) is 4.75. The summed E-state index contributed by atoms with van der Waals surface area (Å²) in [7, 11) is 2.15. The number of nitrogens with zero attached hydrogens (tertiary/aromatic N) is 4. The van der Waals surface area contributed by atoms with Crippen molar-refractivity contribution >= 4 is 17.3 Å². The summed E-state index contributed by atoms with van der Waals surface area (Å²) in [4.78, 5) is 22.2. The maximum Gasteiger partial charge on any atom is 0.255 e. The Labute approximate surface area is 222 Å². The molecule has 2 aliphatic rings. The molecule has 0 spiro atoms. The van der Waals surface area contributed by atoms with Gasteiger partial charge in [-0.15, -0.1) is 0 Å². The van der Waals surface area contributed by atoms with E-state index in [9.17, 15) is 4.79 Å². The molecule has 1 N–H and O–H groups in total. The molecule has 6 rings (SSSR count). The van der Waals surface area contributed by atoms with E-state index in [1.54, 1.807) is 6.92 Å². The van der Waals surface area contributed by atoms with E-state index in [1.807, 2.05) is 36.4 Å². The van der Waals surface area contributed by atoms with Crippen molar-refractivity contribution in [1.29, 1.82) is 0 Å². The van der Waals surface area contributed by atoms with Gasteiger partial charge in [0.1, 0.15) is 5.75 Å². The van der Waals surface area contributed by atoms with Crippen LogP contribution >= 0.6 is 0 Å². The van der Waals surface area contributed by atoms with Gasteiger partial charge in [-0.2, -0.15) is 4.98 Å². The molecule has 0 unspecified atom stereocenters. The summed E-state index contributed by atoms with van der Waals surface area (Å²) in [6, 6.07) is 17.9. The van der Waals surface area contributed by atoms with Crippen LogP contribution in [-0.2, 0) is 6.42 Å². The van der Waals surface area contributed by atoms with Crippen LogP contribution in [-0.4, -0.2) is 60.8 Å². The van der Waals surface area contributed by atoms with Crippen LogP contribution in [0.1, 0.15) is 27.4 Å². The zero-order valence-electron chi connectivity index (χ0n) is 22.0. The topological polar surface area (TPSA) is 83.7 Å². The van der Waals surface area contributed by atoms with Crippen molar-refractivity contribution in [3.8, 4) is 28.3 Å². The second-order valence-electron chi connectivity index (χ2n) is 10.1. The molecular formula is C30H31N5O3. The minimum absolute atomic E-state index is 0.126. The van der Waals surface area contributed by atoms with Gasteiger partial charge in [0.25, 0.3) is 5.91 Å². The van der Waals surface area contributed by atoms with Crippen LogP contribution < -0.4 is 15.0 Å². The molecule has 1 fully saturated rings. The smallest absolute Gasteiger partial charge is 0.255 e. The molecular weight excluding hydrogens is 478 g/mol. The van der Waals surface area contributed by atoms with Crippen LogP contribution in [0.4, 0.5) is 11.4 Å². The van der Waals surface area contributed by atoms with Crippen molar-refractivity contribution in [2.24, 2.45) is 0 Å². The van der Waals surface area contributed by atoms with E-state index in [2.05, 4.69) is 57.4 Å². The SMILES string of the molecule is Cc1nc(-c2ccc(-c3ccc(C(=O)Nc4cc5c(c(N6CCN(C)CC6)c4)OCC5)cc3)c(C)c2)no1. The van der Waals surface area contributed by atoms with Crippen LogP contribution in [0, 0.1) is 13.8 Å². The van der Waals surface area contributed by atoms with Crippen LogP contribution in [0.3, 0.4) is 0 Å². The molecule has 1 aromatic heterocycles. The first-order valence-electron chi connectivity index (χ1n) is 13.0. The lowest BCUT2D eigenvalue weighted by Gasteiger charge is -2.35. The first kappa shape index (κ1) is 24.2. The summed E-state index contributed by atoms with van der Waals surface area (Å²) in [5, 5.41) is 7.13. The molecule has 194 valence electrons. The number of fused-ring (bicyclic) bond motifs is 1. The van der Waals surface area contributed by atoms with E-state index in [4.69, 9.17) is 9.26 Å². The molecule has 0 bridgehead atoms. The molecule has 0 aliphatic carbocycles.